The van der Waals surface area contributed by atoms with Gasteiger partial charge in [0.1, 0.15) is 28.6 Å². The quantitative estimate of drug-likeness (QED) is 0.328. The van der Waals surface area contributed by atoms with Crippen LogP contribution < -0.4 is 20.1 Å². The molecule has 3 rings (SSSR count). The number of anilines is 2. The van der Waals surface area contributed by atoms with Crippen molar-refractivity contribution < 1.29 is 18.7 Å². The first-order valence-corrected chi connectivity index (χ1v) is 11.8. The molecule has 0 unspecified atom stereocenters. The number of carbonyl (C=O) groups is 1. The van der Waals surface area contributed by atoms with E-state index >= 15 is 0 Å². The van der Waals surface area contributed by atoms with Crippen LogP contribution in [0, 0.1) is 5.82 Å². The molecule has 0 bridgehead atoms. The molecular weight excluding hydrogens is 449 g/mol. The highest BCUT2D eigenvalue weighted by molar-refractivity contribution is 5.86. The third kappa shape index (κ3) is 7.00. The summed E-state index contributed by atoms with van der Waals surface area (Å²) in [6.45, 7) is 6.20. The van der Waals surface area contributed by atoms with Gasteiger partial charge >= 0.3 is 0 Å². The molecule has 1 atom stereocenters. The van der Waals surface area contributed by atoms with Gasteiger partial charge in [0.25, 0.3) is 0 Å². The number of carbonyl (C=O) groups excluding carboxylic acids is 1. The van der Waals surface area contributed by atoms with Crippen LogP contribution in [-0.2, 0) is 11.3 Å². The number of hydrogen-bond donors (Lipinski definition) is 2. The Hall–Kier alpha value is -3.49. The maximum Gasteiger partial charge on any atom is 0.225 e. The van der Waals surface area contributed by atoms with Crippen molar-refractivity contribution in [1.82, 2.24) is 15.0 Å². The SMILES string of the molecule is CCCC[C@](C)(CCC(C)=O)Nc1nc(NCc2ccc(OC)cc2OC)nc2cc(F)cnc12. The summed E-state index contributed by atoms with van der Waals surface area (Å²) in [4.78, 5) is 25.1. The van der Waals surface area contributed by atoms with Gasteiger partial charge in [-0.3, -0.25) is 0 Å². The number of halogens is 1. The summed E-state index contributed by atoms with van der Waals surface area (Å²) < 4.78 is 24.7. The standard InChI is InChI=1S/C26H34FN5O3/c1-6-7-11-26(3,12-10-17(2)33)32-24-23-21(13-19(27)16-28-23)30-25(31-24)29-15-18-8-9-20(34-4)14-22(18)35-5/h8-9,13-14,16H,6-7,10-12,15H2,1-5H3,(H2,29,30,31,32)/t26-/m1/s1. The lowest BCUT2D eigenvalue weighted by atomic mass is 9.89. The molecule has 0 fully saturated rings. The number of unbranched alkanes of at least 4 members (excludes halogenated alkanes) is 1. The van der Waals surface area contributed by atoms with Crippen LogP contribution in [-0.4, -0.2) is 40.5 Å². The molecule has 0 saturated carbocycles. The number of ether oxygens (including phenoxy) is 2. The van der Waals surface area contributed by atoms with Crippen molar-refractivity contribution in [2.24, 2.45) is 0 Å². The number of rotatable bonds is 13. The van der Waals surface area contributed by atoms with Crippen molar-refractivity contribution in [2.75, 3.05) is 24.9 Å². The summed E-state index contributed by atoms with van der Waals surface area (Å²) in [5.41, 5.74) is 1.37. The minimum atomic E-state index is -0.477. The van der Waals surface area contributed by atoms with Crippen molar-refractivity contribution in [2.45, 2.75) is 65.0 Å². The first kappa shape index (κ1) is 26.1. The number of pyridine rings is 1. The van der Waals surface area contributed by atoms with Crippen LogP contribution in [0.2, 0.25) is 0 Å². The first-order chi connectivity index (χ1) is 16.8. The Morgan fingerprint density at radius 3 is 2.63 bits per heavy atom. The Labute approximate surface area is 205 Å². The minimum Gasteiger partial charge on any atom is -0.497 e. The molecule has 1 aromatic carbocycles. The van der Waals surface area contributed by atoms with Gasteiger partial charge in [-0.1, -0.05) is 19.8 Å². The van der Waals surface area contributed by atoms with Crippen molar-refractivity contribution >= 4 is 28.6 Å². The van der Waals surface area contributed by atoms with Crippen LogP contribution in [0.4, 0.5) is 16.2 Å². The van der Waals surface area contributed by atoms with Crippen LogP contribution in [0.25, 0.3) is 11.0 Å². The van der Waals surface area contributed by atoms with Crippen LogP contribution in [0.3, 0.4) is 0 Å². The Morgan fingerprint density at radius 1 is 1.14 bits per heavy atom. The zero-order valence-corrected chi connectivity index (χ0v) is 21.1. The number of nitrogens with one attached hydrogen (secondary N) is 2. The smallest absolute Gasteiger partial charge is 0.225 e. The van der Waals surface area contributed by atoms with Gasteiger partial charge in [-0.2, -0.15) is 4.98 Å². The molecule has 3 aromatic rings. The molecule has 0 spiro atoms. The normalized spacial score (nSPS) is 12.7. The number of benzene rings is 1. The maximum atomic E-state index is 14.0. The molecule has 0 saturated heterocycles. The molecule has 2 aromatic heterocycles. The van der Waals surface area contributed by atoms with E-state index in [1.54, 1.807) is 27.2 Å². The fourth-order valence-electron chi connectivity index (χ4n) is 3.89. The lowest BCUT2D eigenvalue weighted by molar-refractivity contribution is -0.117. The lowest BCUT2D eigenvalue weighted by Gasteiger charge is -2.32. The number of methoxy groups -OCH3 is 2. The van der Waals surface area contributed by atoms with Crippen LogP contribution in [0.1, 0.15) is 58.4 Å². The second kappa shape index (κ2) is 11.8. The average Bonchev–Trinajstić information content (AvgIpc) is 2.84. The van der Waals surface area contributed by atoms with Crippen molar-refractivity contribution in [3.8, 4) is 11.5 Å². The molecular formula is C26H34FN5O3. The molecule has 188 valence electrons. The Morgan fingerprint density at radius 2 is 1.94 bits per heavy atom. The minimum absolute atomic E-state index is 0.137. The van der Waals surface area contributed by atoms with E-state index in [1.165, 1.54) is 6.07 Å². The van der Waals surface area contributed by atoms with E-state index in [0.717, 1.165) is 31.0 Å². The van der Waals surface area contributed by atoms with Crippen LogP contribution in [0.15, 0.2) is 30.5 Å². The molecule has 0 amide bonds. The monoisotopic (exact) mass is 483 g/mol. The molecule has 2 heterocycles. The number of Topliss-reactive ketones (excluding diaryl/α,β-unsaturated/α-hetero) is 1. The second-order valence-electron chi connectivity index (χ2n) is 8.94. The highest BCUT2D eigenvalue weighted by atomic mass is 19.1. The van der Waals surface area contributed by atoms with Crippen molar-refractivity contribution in [1.29, 1.82) is 0 Å². The summed E-state index contributed by atoms with van der Waals surface area (Å²) in [6, 6.07) is 6.89. The van der Waals surface area contributed by atoms with Gasteiger partial charge in [-0.05, 0) is 38.8 Å². The van der Waals surface area contributed by atoms with E-state index in [1.807, 2.05) is 12.1 Å². The number of ketones is 1. The summed E-state index contributed by atoms with van der Waals surface area (Å²) in [6.07, 6.45) is 5.15. The van der Waals surface area contributed by atoms with Crippen molar-refractivity contribution in [3.63, 3.8) is 0 Å². The van der Waals surface area contributed by atoms with Crippen LogP contribution in [0.5, 0.6) is 11.5 Å². The zero-order valence-electron chi connectivity index (χ0n) is 21.1. The highest BCUT2D eigenvalue weighted by Crippen LogP contribution is 2.30. The lowest BCUT2D eigenvalue weighted by Crippen LogP contribution is -2.36. The van der Waals surface area contributed by atoms with E-state index in [0.29, 0.717) is 53.7 Å². The molecule has 8 nitrogen and oxygen atoms in total. The van der Waals surface area contributed by atoms with Gasteiger partial charge in [0.15, 0.2) is 5.82 Å². The molecule has 0 aliphatic rings. The number of fused-ring (bicyclic) bond motifs is 1. The van der Waals surface area contributed by atoms with Gasteiger partial charge in [-0.25, -0.2) is 14.4 Å². The van der Waals surface area contributed by atoms with Gasteiger partial charge < -0.3 is 24.9 Å². The summed E-state index contributed by atoms with van der Waals surface area (Å²) in [5, 5.41) is 6.73. The molecule has 0 aliphatic heterocycles. The van der Waals surface area contributed by atoms with E-state index in [-0.39, 0.29) is 11.3 Å². The van der Waals surface area contributed by atoms with E-state index in [9.17, 15) is 9.18 Å². The van der Waals surface area contributed by atoms with Crippen molar-refractivity contribution in [3.05, 3.63) is 41.8 Å². The predicted octanol–water partition coefficient (Wildman–Crippen LogP) is 5.52. The van der Waals surface area contributed by atoms with Gasteiger partial charge in [0, 0.05) is 36.2 Å². The number of hydrogen-bond acceptors (Lipinski definition) is 8. The van der Waals surface area contributed by atoms with Gasteiger partial charge in [0.2, 0.25) is 5.95 Å². The maximum absolute atomic E-state index is 14.0. The highest BCUT2D eigenvalue weighted by Gasteiger charge is 2.26. The summed E-state index contributed by atoms with van der Waals surface area (Å²) >= 11 is 0. The molecule has 2 N–H and O–H groups in total. The Bertz CT molecular complexity index is 1170. The third-order valence-electron chi connectivity index (χ3n) is 5.96. The summed E-state index contributed by atoms with van der Waals surface area (Å²) in [7, 11) is 3.20. The molecule has 35 heavy (non-hydrogen) atoms. The van der Waals surface area contributed by atoms with Crippen LogP contribution >= 0.6 is 0 Å². The second-order valence-corrected chi connectivity index (χ2v) is 8.94. The van der Waals surface area contributed by atoms with Gasteiger partial charge in [-0.15, -0.1) is 0 Å². The molecule has 0 aliphatic carbocycles. The third-order valence-corrected chi connectivity index (χ3v) is 5.96. The van der Waals surface area contributed by atoms with E-state index < -0.39 is 5.82 Å². The Kier molecular flexibility index (Phi) is 8.78. The summed E-state index contributed by atoms with van der Waals surface area (Å²) in [5.74, 6) is 1.85. The fourth-order valence-corrected chi connectivity index (χ4v) is 3.89. The molecule has 9 heteroatoms. The topological polar surface area (TPSA) is 98.3 Å². The van der Waals surface area contributed by atoms with E-state index in [2.05, 4.69) is 39.4 Å². The number of aromatic nitrogens is 3. The van der Waals surface area contributed by atoms with E-state index in [4.69, 9.17) is 9.47 Å². The predicted molar refractivity (Wildman–Crippen MR) is 136 cm³/mol. The van der Waals surface area contributed by atoms with Gasteiger partial charge in [0.05, 0.1) is 25.9 Å². The first-order valence-electron chi connectivity index (χ1n) is 11.8. The Balaban J connectivity index is 1.94. The average molecular weight is 484 g/mol. The largest absolute Gasteiger partial charge is 0.497 e. The fraction of sp³-hybridized carbons (Fsp3) is 0.462. The molecule has 0 radical (unpaired) electrons. The zero-order chi connectivity index (χ0) is 25.4. The number of nitrogens with zero attached hydrogens (tertiary/aromatic N) is 3.